The van der Waals surface area contributed by atoms with E-state index in [1.165, 1.54) is 6.29 Å². The molecule has 12 heavy (non-hydrogen) atoms. The third-order valence-electron chi connectivity index (χ3n) is 1.18. The minimum absolute atomic E-state index is 0. The first kappa shape index (κ1) is 11.5. The maximum Gasteiger partial charge on any atom is 0.0238 e. The second-order valence-corrected chi connectivity index (χ2v) is 1.92. The van der Waals surface area contributed by atoms with Gasteiger partial charge in [-0.2, -0.15) is 0 Å². The van der Waals surface area contributed by atoms with Crippen molar-refractivity contribution in [2.75, 3.05) is 0 Å². The second kappa shape index (κ2) is 6.09. The van der Waals surface area contributed by atoms with E-state index in [4.69, 9.17) is 5.11 Å². The molecule has 0 bridgehead atoms. The minimum atomic E-state index is -0.111. The molecular weight excluding hydrogens is 229 g/mol. The number of carbonyl (C=O) groups excluding carboxylic acids is 1. The summed E-state index contributed by atoms with van der Waals surface area (Å²) in [6.45, 7) is 0. The molecule has 0 amide bonds. The first-order valence-electron chi connectivity index (χ1n) is 3.08. The van der Waals surface area contributed by atoms with E-state index in [9.17, 15) is 4.79 Å². The average Bonchev–Trinajstić information content (AvgIpc) is 2.07. The molecule has 3 heteroatoms. The maximum absolute atomic E-state index is 9.81. The number of benzene rings is 1. The van der Waals surface area contributed by atoms with Gasteiger partial charge in [-0.1, -0.05) is 0 Å². The molecule has 1 radical (unpaired) electrons. The summed E-state index contributed by atoms with van der Waals surface area (Å²) in [6.07, 6.45) is 2.45. The molecule has 0 aromatic heterocycles. The largest absolute Gasteiger partial charge is 0.552 e. The van der Waals surface area contributed by atoms with Crippen molar-refractivity contribution in [2.45, 2.75) is 0 Å². The number of aliphatic hydroxyl groups excluding tert-OH is 1. The van der Waals surface area contributed by atoms with Crippen LogP contribution in [-0.4, -0.2) is 11.4 Å². The third-order valence-corrected chi connectivity index (χ3v) is 1.18. The van der Waals surface area contributed by atoms with E-state index in [2.05, 4.69) is 6.07 Å². The Morgan fingerprint density at radius 2 is 2.33 bits per heavy atom. The molecule has 0 unspecified atom stereocenters. The van der Waals surface area contributed by atoms with Crippen molar-refractivity contribution in [1.82, 2.24) is 0 Å². The predicted octanol–water partition coefficient (Wildman–Crippen LogP) is 1.49. The summed E-state index contributed by atoms with van der Waals surface area (Å²) < 4.78 is 0. The Kier molecular flexibility index (Phi) is 5.86. The Hall–Kier alpha value is -0.466. The van der Waals surface area contributed by atoms with Crippen molar-refractivity contribution in [3.63, 3.8) is 0 Å². The standard InChI is InChI=1S/C9H6O2.Y/c10-7-6-9(11)8-4-2-1-3-5-8;/h1-4,6,11H;/q-2;/b9-6+;. The zero-order valence-corrected chi connectivity index (χ0v) is 9.16. The molecule has 59 valence electrons. The molecule has 0 aliphatic carbocycles. The Morgan fingerprint density at radius 3 is 2.83 bits per heavy atom. The van der Waals surface area contributed by atoms with Gasteiger partial charge in [-0.05, 0) is 6.29 Å². The van der Waals surface area contributed by atoms with E-state index in [0.717, 1.165) is 6.08 Å². The second-order valence-electron chi connectivity index (χ2n) is 1.92. The van der Waals surface area contributed by atoms with Crippen molar-refractivity contribution in [3.8, 4) is 0 Å². The maximum atomic E-state index is 9.81. The van der Waals surface area contributed by atoms with Gasteiger partial charge >= 0.3 is 0 Å². The smallest absolute Gasteiger partial charge is 0.0238 e. The fourth-order valence-electron chi connectivity index (χ4n) is 0.686. The van der Waals surface area contributed by atoms with Crippen LogP contribution < -0.4 is 0 Å². The summed E-state index contributed by atoms with van der Waals surface area (Å²) in [6, 6.07) is 9.60. The summed E-state index contributed by atoms with van der Waals surface area (Å²) in [5.41, 5.74) is 0.496. The molecule has 0 spiro atoms. The number of hydrogen-bond acceptors (Lipinski definition) is 2. The monoisotopic (exact) mass is 235 g/mol. The van der Waals surface area contributed by atoms with Gasteiger partial charge in [0.25, 0.3) is 0 Å². The number of rotatable bonds is 2. The van der Waals surface area contributed by atoms with Gasteiger partial charge in [-0.15, -0.1) is 42.0 Å². The van der Waals surface area contributed by atoms with Crippen LogP contribution in [0.1, 0.15) is 5.56 Å². The van der Waals surface area contributed by atoms with Crippen molar-refractivity contribution in [1.29, 1.82) is 0 Å². The third kappa shape index (κ3) is 3.29. The fraction of sp³-hybridized carbons (Fsp3) is 0. The van der Waals surface area contributed by atoms with Crippen LogP contribution in [0, 0.1) is 6.07 Å². The summed E-state index contributed by atoms with van der Waals surface area (Å²) in [4.78, 5) is 9.81. The summed E-state index contributed by atoms with van der Waals surface area (Å²) >= 11 is 0. The molecule has 0 fully saturated rings. The van der Waals surface area contributed by atoms with E-state index >= 15 is 0 Å². The molecule has 0 saturated carbocycles. The number of aliphatic hydroxyl groups is 1. The zero-order valence-electron chi connectivity index (χ0n) is 6.32. The fourth-order valence-corrected chi connectivity index (χ4v) is 0.686. The van der Waals surface area contributed by atoms with Gasteiger partial charge in [0.1, 0.15) is 0 Å². The first-order valence-corrected chi connectivity index (χ1v) is 3.08. The van der Waals surface area contributed by atoms with E-state index in [-0.39, 0.29) is 38.5 Å². The Bertz CT molecular complexity index is 267. The molecular formula is C9H6O2Y-2. The molecule has 0 atom stereocenters. The van der Waals surface area contributed by atoms with Crippen LogP contribution in [-0.2, 0) is 37.5 Å². The van der Waals surface area contributed by atoms with Gasteiger partial charge in [0, 0.05) is 38.5 Å². The summed E-state index contributed by atoms with van der Waals surface area (Å²) in [5.74, 6) is -0.111. The van der Waals surface area contributed by atoms with Gasteiger partial charge < -0.3 is 9.90 Å². The van der Waals surface area contributed by atoms with E-state index in [1.54, 1.807) is 24.3 Å². The van der Waals surface area contributed by atoms with Crippen LogP contribution in [0.4, 0.5) is 0 Å². The van der Waals surface area contributed by atoms with Gasteiger partial charge in [-0.25, -0.2) is 0 Å². The molecule has 0 heterocycles. The normalized spacial score (nSPS) is 10.2. The number of allylic oxidation sites excluding steroid dienone is 1. The van der Waals surface area contributed by atoms with Gasteiger partial charge in [0.15, 0.2) is 0 Å². The SMILES string of the molecule is O=[C-]/C=C(/O)c1[c-]cccc1.[Y]. The van der Waals surface area contributed by atoms with Crippen LogP contribution in [0.5, 0.6) is 0 Å². The Balaban J connectivity index is 0.00000121. The van der Waals surface area contributed by atoms with E-state index < -0.39 is 0 Å². The van der Waals surface area contributed by atoms with Crippen molar-refractivity contribution in [2.24, 2.45) is 0 Å². The summed E-state index contributed by atoms with van der Waals surface area (Å²) in [5, 5.41) is 9.09. The Morgan fingerprint density at radius 1 is 1.58 bits per heavy atom. The summed E-state index contributed by atoms with van der Waals surface area (Å²) in [7, 11) is 0. The topological polar surface area (TPSA) is 37.3 Å². The Labute approximate surface area is 96.2 Å². The van der Waals surface area contributed by atoms with Crippen LogP contribution in [0.2, 0.25) is 0 Å². The predicted molar refractivity (Wildman–Crippen MR) is 41.6 cm³/mol. The molecule has 2 nitrogen and oxygen atoms in total. The van der Waals surface area contributed by atoms with Crippen molar-refractivity contribution in [3.05, 3.63) is 42.0 Å². The van der Waals surface area contributed by atoms with Crippen LogP contribution in [0.25, 0.3) is 5.76 Å². The molecule has 1 N–H and O–H groups in total. The van der Waals surface area contributed by atoms with Crippen LogP contribution in [0.15, 0.2) is 30.3 Å². The molecule has 0 aliphatic heterocycles. The molecule has 0 saturated heterocycles. The average molecular weight is 235 g/mol. The molecule has 1 rings (SSSR count). The van der Waals surface area contributed by atoms with E-state index in [0.29, 0.717) is 5.56 Å². The van der Waals surface area contributed by atoms with Gasteiger partial charge in [-0.3, -0.25) is 0 Å². The van der Waals surface area contributed by atoms with Crippen LogP contribution in [0.3, 0.4) is 0 Å². The van der Waals surface area contributed by atoms with Gasteiger partial charge in [0.05, 0.1) is 0 Å². The van der Waals surface area contributed by atoms with Gasteiger partial charge in [0.2, 0.25) is 0 Å². The minimum Gasteiger partial charge on any atom is -0.552 e. The van der Waals surface area contributed by atoms with Crippen molar-refractivity contribution >= 4 is 12.0 Å². The van der Waals surface area contributed by atoms with Crippen molar-refractivity contribution < 1.29 is 42.6 Å². The molecule has 0 aliphatic rings. The molecule has 1 aromatic rings. The molecule has 1 aromatic carbocycles. The van der Waals surface area contributed by atoms with E-state index in [1.807, 2.05) is 0 Å². The quantitative estimate of drug-likeness (QED) is 0.479. The van der Waals surface area contributed by atoms with Crippen LogP contribution >= 0.6 is 0 Å². The first-order chi connectivity index (χ1) is 5.34. The zero-order chi connectivity index (χ0) is 8.10. The number of hydrogen-bond donors (Lipinski definition) is 1.